The molecule has 0 unspecified atom stereocenters. The Balaban J connectivity index is 2.08. The zero-order valence-corrected chi connectivity index (χ0v) is 15.6. The lowest BCUT2D eigenvalue weighted by atomic mass is 9.92. The SMILES string of the molecule is COC(=O)c1cnc2c3cc(NC(=O)CC(C)(C)C)ccc3ncn2c1=O. The van der Waals surface area contributed by atoms with E-state index in [1.807, 2.05) is 20.8 Å². The van der Waals surface area contributed by atoms with Crippen LogP contribution in [0.2, 0.25) is 0 Å². The maximum absolute atomic E-state index is 12.5. The number of hydrogen-bond acceptors (Lipinski definition) is 6. The second-order valence-corrected chi connectivity index (χ2v) is 7.42. The highest BCUT2D eigenvalue weighted by molar-refractivity contribution is 5.98. The quantitative estimate of drug-likeness (QED) is 0.562. The van der Waals surface area contributed by atoms with E-state index in [0.29, 0.717) is 28.7 Å². The van der Waals surface area contributed by atoms with Crippen molar-refractivity contribution in [1.82, 2.24) is 14.4 Å². The number of rotatable bonds is 3. The monoisotopic (exact) mass is 368 g/mol. The Kier molecular flexibility index (Phi) is 4.65. The molecule has 0 aliphatic rings. The van der Waals surface area contributed by atoms with Gasteiger partial charge in [-0.2, -0.15) is 0 Å². The summed E-state index contributed by atoms with van der Waals surface area (Å²) in [5.74, 6) is -0.863. The largest absolute Gasteiger partial charge is 0.465 e. The number of nitrogens with one attached hydrogen (secondary N) is 1. The molecule has 1 aromatic carbocycles. The molecule has 1 N–H and O–H groups in total. The van der Waals surface area contributed by atoms with Gasteiger partial charge in [-0.3, -0.25) is 9.59 Å². The van der Waals surface area contributed by atoms with Crippen LogP contribution >= 0.6 is 0 Å². The first-order chi connectivity index (χ1) is 12.7. The van der Waals surface area contributed by atoms with Gasteiger partial charge in [0.2, 0.25) is 5.91 Å². The lowest BCUT2D eigenvalue weighted by Gasteiger charge is -2.17. The smallest absolute Gasteiger partial charge is 0.345 e. The van der Waals surface area contributed by atoms with Gasteiger partial charge >= 0.3 is 5.97 Å². The molecule has 8 heteroatoms. The molecular formula is C19H20N4O4. The lowest BCUT2D eigenvalue weighted by Crippen LogP contribution is -2.24. The van der Waals surface area contributed by atoms with Crippen LogP contribution in [0.25, 0.3) is 16.6 Å². The van der Waals surface area contributed by atoms with Crippen LogP contribution in [0.5, 0.6) is 0 Å². The van der Waals surface area contributed by atoms with Crippen LogP contribution in [-0.4, -0.2) is 33.4 Å². The first kappa shape index (κ1) is 18.5. The first-order valence-corrected chi connectivity index (χ1v) is 8.38. The molecule has 0 saturated carbocycles. The van der Waals surface area contributed by atoms with E-state index in [0.717, 1.165) is 0 Å². The van der Waals surface area contributed by atoms with Crippen LogP contribution in [-0.2, 0) is 9.53 Å². The molecule has 27 heavy (non-hydrogen) atoms. The zero-order chi connectivity index (χ0) is 19.8. The Hall–Kier alpha value is -3.29. The Morgan fingerprint density at radius 2 is 1.96 bits per heavy atom. The Bertz CT molecular complexity index is 1110. The van der Waals surface area contributed by atoms with Gasteiger partial charge in [0, 0.05) is 23.7 Å². The van der Waals surface area contributed by atoms with Crippen LogP contribution < -0.4 is 10.9 Å². The molecule has 0 radical (unpaired) electrons. The third kappa shape index (κ3) is 3.79. The van der Waals surface area contributed by atoms with Gasteiger partial charge < -0.3 is 10.1 Å². The van der Waals surface area contributed by atoms with Gasteiger partial charge in [0.15, 0.2) is 0 Å². The van der Waals surface area contributed by atoms with E-state index < -0.39 is 11.5 Å². The van der Waals surface area contributed by atoms with Crippen LogP contribution in [0.15, 0.2) is 35.5 Å². The summed E-state index contributed by atoms with van der Waals surface area (Å²) < 4.78 is 5.79. The first-order valence-electron chi connectivity index (χ1n) is 8.38. The van der Waals surface area contributed by atoms with Gasteiger partial charge in [-0.15, -0.1) is 0 Å². The van der Waals surface area contributed by atoms with E-state index in [-0.39, 0.29) is 16.9 Å². The molecule has 0 saturated heterocycles. The molecule has 0 aliphatic heterocycles. The average molecular weight is 368 g/mol. The van der Waals surface area contributed by atoms with Crippen LogP contribution in [0.1, 0.15) is 37.6 Å². The van der Waals surface area contributed by atoms with Gasteiger partial charge in [0.25, 0.3) is 5.56 Å². The highest BCUT2D eigenvalue weighted by Crippen LogP contribution is 2.23. The number of aromatic nitrogens is 3. The molecule has 0 bridgehead atoms. The number of carbonyl (C=O) groups is 2. The van der Waals surface area contributed by atoms with Gasteiger partial charge in [-0.25, -0.2) is 19.2 Å². The minimum Gasteiger partial charge on any atom is -0.465 e. The summed E-state index contributed by atoms with van der Waals surface area (Å²) in [4.78, 5) is 44.8. The maximum Gasteiger partial charge on any atom is 0.345 e. The second-order valence-electron chi connectivity index (χ2n) is 7.42. The van der Waals surface area contributed by atoms with Crippen LogP contribution in [0, 0.1) is 5.41 Å². The summed E-state index contributed by atoms with van der Waals surface area (Å²) in [6.45, 7) is 5.96. The van der Waals surface area contributed by atoms with Crippen molar-refractivity contribution in [2.75, 3.05) is 12.4 Å². The zero-order valence-electron chi connectivity index (χ0n) is 15.6. The number of fused-ring (bicyclic) bond motifs is 3. The number of esters is 1. The standard InChI is InChI=1S/C19H20N4O4/c1-19(2,3)8-15(24)22-11-5-6-14-12(7-11)16-20-9-13(18(26)27-4)17(25)23(16)10-21-14/h5-7,9-10H,8H2,1-4H3,(H,22,24). The fourth-order valence-corrected chi connectivity index (χ4v) is 2.74. The Labute approximate surface area is 155 Å². The fourth-order valence-electron chi connectivity index (χ4n) is 2.74. The number of benzene rings is 1. The Morgan fingerprint density at radius 3 is 2.63 bits per heavy atom. The number of nitrogens with zero attached hydrogens (tertiary/aromatic N) is 3. The van der Waals surface area contributed by atoms with Crippen LogP contribution in [0.3, 0.4) is 0 Å². The van der Waals surface area contributed by atoms with E-state index in [1.54, 1.807) is 18.2 Å². The van der Waals surface area contributed by atoms with Crippen LogP contribution in [0.4, 0.5) is 5.69 Å². The number of carbonyl (C=O) groups excluding carboxylic acids is 2. The van der Waals surface area contributed by atoms with E-state index in [2.05, 4.69) is 20.0 Å². The number of amides is 1. The van der Waals surface area contributed by atoms with Gasteiger partial charge in [0.05, 0.1) is 12.6 Å². The van der Waals surface area contributed by atoms with Gasteiger partial charge in [-0.05, 0) is 23.6 Å². The van der Waals surface area contributed by atoms with Gasteiger partial charge in [-0.1, -0.05) is 20.8 Å². The summed E-state index contributed by atoms with van der Waals surface area (Å²) in [5, 5.41) is 3.44. The number of methoxy groups -OCH3 is 1. The molecule has 3 aromatic rings. The second kappa shape index (κ2) is 6.79. The fraction of sp³-hybridized carbons (Fsp3) is 0.316. The van der Waals surface area contributed by atoms with Crippen molar-refractivity contribution < 1.29 is 14.3 Å². The molecule has 140 valence electrons. The Morgan fingerprint density at radius 1 is 1.22 bits per heavy atom. The van der Waals surface area contributed by atoms with Crippen molar-refractivity contribution in [3.8, 4) is 0 Å². The molecule has 2 heterocycles. The van der Waals surface area contributed by atoms with Crippen molar-refractivity contribution >= 4 is 34.1 Å². The summed E-state index contributed by atoms with van der Waals surface area (Å²) in [7, 11) is 1.20. The minimum absolute atomic E-state index is 0.104. The van der Waals surface area contributed by atoms with Crippen molar-refractivity contribution in [3.63, 3.8) is 0 Å². The summed E-state index contributed by atoms with van der Waals surface area (Å²) in [6.07, 6.45) is 2.88. The molecule has 2 aromatic heterocycles. The molecule has 8 nitrogen and oxygen atoms in total. The molecule has 3 rings (SSSR count). The number of ether oxygens (including phenoxy) is 1. The molecule has 0 atom stereocenters. The van der Waals surface area contributed by atoms with Crippen molar-refractivity contribution in [2.24, 2.45) is 5.41 Å². The van der Waals surface area contributed by atoms with Crippen molar-refractivity contribution in [1.29, 1.82) is 0 Å². The highest BCUT2D eigenvalue weighted by Gasteiger charge is 2.17. The normalized spacial score (nSPS) is 11.6. The van der Waals surface area contributed by atoms with E-state index in [1.165, 1.54) is 24.0 Å². The lowest BCUT2D eigenvalue weighted by molar-refractivity contribution is -0.117. The molecule has 1 amide bonds. The third-order valence-electron chi connectivity index (χ3n) is 3.92. The van der Waals surface area contributed by atoms with Gasteiger partial charge in [0.1, 0.15) is 17.5 Å². The third-order valence-corrected chi connectivity index (χ3v) is 3.92. The van der Waals surface area contributed by atoms with E-state index in [9.17, 15) is 14.4 Å². The predicted octanol–water partition coefficient (Wildman–Crippen LogP) is 2.40. The number of hydrogen-bond donors (Lipinski definition) is 1. The molecular weight excluding hydrogens is 348 g/mol. The van der Waals surface area contributed by atoms with E-state index in [4.69, 9.17) is 0 Å². The summed E-state index contributed by atoms with van der Waals surface area (Å²) in [6, 6.07) is 5.19. The molecule has 0 aliphatic carbocycles. The molecule has 0 spiro atoms. The van der Waals surface area contributed by atoms with E-state index >= 15 is 0 Å². The van der Waals surface area contributed by atoms with Crippen molar-refractivity contribution in [3.05, 3.63) is 46.6 Å². The average Bonchev–Trinajstić information content (AvgIpc) is 2.59. The maximum atomic E-state index is 12.5. The molecule has 0 fully saturated rings. The highest BCUT2D eigenvalue weighted by atomic mass is 16.5. The summed E-state index contributed by atoms with van der Waals surface area (Å²) >= 11 is 0. The topological polar surface area (TPSA) is 103 Å². The minimum atomic E-state index is -0.759. The van der Waals surface area contributed by atoms with Crippen molar-refractivity contribution in [2.45, 2.75) is 27.2 Å². The predicted molar refractivity (Wildman–Crippen MR) is 101 cm³/mol. The summed E-state index contributed by atoms with van der Waals surface area (Å²) in [5.41, 5.74) is 0.659. The number of anilines is 1.